The topological polar surface area (TPSA) is 82.5 Å². The monoisotopic (exact) mass is 460 g/mol. The minimum Gasteiger partial charge on any atom is -0.338 e. The molecular weight excluding hydrogens is 444 g/mol. The Labute approximate surface area is 193 Å². The molecule has 3 aromatic heterocycles. The quantitative estimate of drug-likeness (QED) is 0.301. The first-order valence-electron chi connectivity index (χ1n) is 9.85. The van der Waals surface area contributed by atoms with Crippen molar-refractivity contribution in [2.75, 3.05) is 0 Å². The van der Waals surface area contributed by atoms with Crippen molar-refractivity contribution in [1.82, 2.24) is 29.9 Å². The van der Waals surface area contributed by atoms with Crippen LogP contribution in [0.25, 0.3) is 22.8 Å². The summed E-state index contributed by atoms with van der Waals surface area (Å²) in [6, 6.07) is 21.4. The van der Waals surface area contributed by atoms with E-state index in [-0.39, 0.29) is 0 Å². The third-order valence-electron chi connectivity index (χ3n) is 4.72. The highest BCUT2D eigenvalue weighted by atomic mass is 35.5. The maximum atomic E-state index is 5.95. The van der Waals surface area contributed by atoms with Gasteiger partial charge in [-0.2, -0.15) is 4.98 Å². The van der Waals surface area contributed by atoms with E-state index in [4.69, 9.17) is 16.1 Å². The van der Waals surface area contributed by atoms with Gasteiger partial charge in [0, 0.05) is 28.5 Å². The maximum Gasteiger partial charge on any atom is 0.237 e. The smallest absolute Gasteiger partial charge is 0.237 e. The van der Waals surface area contributed by atoms with Crippen molar-refractivity contribution in [3.63, 3.8) is 0 Å². The normalized spacial score (nSPS) is 11.0. The lowest BCUT2D eigenvalue weighted by molar-refractivity contribution is 0.391. The molecule has 0 atom stereocenters. The van der Waals surface area contributed by atoms with Gasteiger partial charge in [-0.3, -0.25) is 9.55 Å². The summed E-state index contributed by atoms with van der Waals surface area (Å²) in [5.74, 6) is 2.27. The molecule has 0 bridgehead atoms. The summed E-state index contributed by atoms with van der Waals surface area (Å²) in [4.78, 5) is 8.71. The standard InChI is InChI=1S/C23H17ClN6OS/c24-19-10-8-17(9-11-19)21-26-20(31-29-21)15-32-23-28-27-22(18-7-4-12-25-13-18)30(23)14-16-5-2-1-3-6-16/h1-13H,14-15H2. The van der Waals surface area contributed by atoms with E-state index >= 15 is 0 Å². The molecule has 0 unspecified atom stereocenters. The molecule has 2 aromatic carbocycles. The van der Waals surface area contributed by atoms with Crippen molar-refractivity contribution in [2.45, 2.75) is 17.5 Å². The molecule has 9 heteroatoms. The Morgan fingerprint density at radius 3 is 2.53 bits per heavy atom. The van der Waals surface area contributed by atoms with Crippen LogP contribution in [0.2, 0.25) is 5.02 Å². The van der Waals surface area contributed by atoms with Crippen molar-refractivity contribution < 1.29 is 4.52 Å². The second kappa shape index (κ2) is 9.33. The van der Waals surface area contributed by atoms with E-state index in [1.807, 2.05) is 42.5 Å². The molecule has 7 nitrogen and oxygen atoms in total. The lowest BCUT2D eigenvalue weighted by Gasteiger charge is -2.10. The van der Waals surface area contributed by atoms with Crippen LogP contribution in [0.5, 0.6) is 0 Å². The van der Waals surface area contributed by atoms with Gasteiger partial charge in [0.25, 0.3) is 0 Å². The molecule has 0 radical (unpaired) electrons. The molecule has 0 aliphatic rings. The Balaban J connectivity index is 1.39. The van der Waals surface area contributed by atoms with Crippen molar-refractivity contribution >= 4 is 23.4 Å². The Bertz CT molecular complexity index is 1310. The number of hydrogen-bond donors (Lipinski definition) is 0. The van der Waals surface area contributed by atoms with Crippen LogP contribution in [0.3, 0.4) is 0 Å². The third kappa shape index (κ3) is 4.56. The molecule has 5 rings (SSSR count). The first kappa shape index (κ1) is 20.4. The molecule has 5 aromatic rings. The van der Waals surface area contributed by atoms with Gasteiger partial charge in [0.1, 0.15) is 0 Å². The number of halogens is 1. The zero-order valence-electron chi connectivity index (χ0n) is 16.8. The Hall–Kier alpha value is -3.49. The molecule has 158 valence electrons. The fraction of sp³-hybridized carbons (Fsp3) is 0.0870. The first-order valence-corrected chi connectivity index (χ1v) is 11.2. The van der Waals surface area contributed by atoms with Crippen LogP contribution < -0.4 is 0 Å². The van der Waals surface area contributed by atoms with Crippen molar-refractivity contribution in [3.8, 4) is 22.8 Å². The molecule has 0 saturated carbocycles. The second-order valence-electron chi connectivity index (χ2n) is 6.93. The Morgan fingerprint density at radius 2 is 1.75 bits per heavy atom. The minimum atomic E-state index is 0.473. The van der Waals surface area contributed by atoms with Crippen LogP contribution in [0, 0.1) is 0 Å². The Morgan fingerprint density at radius 1 is 0.906 bits per heavy atom. The van der Waals surface area contributed by atoms with Crippen LogP contribution >= 0.6 is 23.4 Å². The van der Waals surface area contributed by atoms with E-state index in [2.05, 4.69) is 42.0 Å². The van der Waals surface area contributed by atoms with Crippen LogP contribution in [0.1, 0.15) is 11.5 Å². The predicted octanol–water partition coefficient (Wildman–Crippen LogP) is 5.38. The number of hydrogen-bond acceptors (Lipinski definition) is 7. The van der Waals surface area contributed by atoms with Crippen molar-refractivity contribution in [3.05, 3.63) is 95.6 Å². The highest BCUT2D eigenvalue weighted by Gasteiger charge is 2.17. The summed E-state index contributed by atoms with van der Waals surface area (Å²) < 4.78 is 7.52. The summed E-state index contributed by atoms with van der Waals surface area (Å²) in [6.07, 6.45) is 3.53. The molecule has 0 N–H and O–H groups in total. The maximum absolute atomic E-state index is 5.95. The molecular formula is C23H17ClN6OS. The molecule has 0 aliphatic carbocycles. The van der Waals surface area contributed by atoms with Crippen LogP contribution in [-0.4, -0.2) is 29.9 Å². The van der Waals surface area contributed by atoms with Gasteiger partial charge in [0.15, 0.2) is 11.0 Å². The fourth-order valence-electron chi connectivity index (χ4n) is 3.17. The zero-order valence-corrected chi connectivity index (χ0v) is 18.4. The number of pyridine rings is 1. The number of benzene rings is 2. The molecule has 32 heavy (non-hydrogen) atoms. The largest absolute Gasteiger partial charge is 0.338 e. The summed E-state index contributed by atoms with van der Waals surface area (Å²) in [5, 5.41) is 14.4. The number of thioether (sulfide) groups is 1. The van der Waals surface area contributed by atoms with Crippen LogP contribution in [0.15, 0.2) is 88.8 Å². The molecule has 0 amide bonds. The van der Waals surface area contributed by atoms with Crippen LogP contribution in [0.4, 0.5) is 0 Å². The van der Waals surface area contributed by atoms with E-state index in [0.717, 1.165) is 27.7 Å². The molecule has 0 aliphatic heterocycles. The van der Waals surface area contributed by atoms with E-state index < -0.39 is 0 Å². The SMILES string of the molecule is Clc1ccc(-c2noc(CSc3nnc(-c4cccnc4)n3Cc3ccccc3)n2)cc1. The number of aromatic nitrogens is 6. The fourth-order valence-corrected chi connectivity index (χ4v) is 4.07. The van der Waals surface area contributed by atoms with Gasteiger partial charge in [-0.05, 0) is 42.0 Å². The number of nitrogens with zero attached hydrogens (tertiary/aromatic N) is 6. The van der Waals surface area contributed by atoms with Crippen molar-refractivity contribution in [1.29, 1.82) is 0 Å². The van der Waals surface area contributed by atoms with Gasteiger partial charge in [0.05, 0.1) is 12.3 Å². The molecule has 0 saturated heterocycles. The molecule has 0 fully saturated rings. The van der Waals surface area contributed by atoms with E-state index in [0.29, 0.717) is 29.0 Å². The van der Waals surface area contributed by atoms with Gasteiger partial charge in [-0.15, -0.1) is 10.2 Å². The van der Waals surface area contributed by atoms with E-state index in [1.54, 1.807) is 24.5 Å². The van der Waals surface area contributed by atoms with Crippen LogP contribution in [-0.2, 0) is 12.3 Å². The van der Waals surface area contributed by atoms with Gasteiger partial charge >= 0.3 is 0 Å². The average Bonchev–Trinajstić information content (AvgIpc) is 3.47. The predicted molar refractivity (Wildman–Crippen MR) is 123 cm³/mol. The molecule has 3 heterocycles. The summed E-state index contributed by atoms with van der Waals surface area (Å²) in [5.41, 5.74) is 2.91. The van der Waals surface area contributed by atoms with E-state index in [1.165, 1.54) is 11.8 Å². The highest BCUT2D eigenvalue weighted by molar-refractivity contribution is 7.98. The highest BCUT2D eigenvalue weighted by Crippen LogP contribution is 2.27. The van der Waals surface area contributed by atoms with Gasteiger partial charge in [-0.1, -0.05) is 58.9 Å². The van der Waals surface area contributed by atoms with Gasteiger partial charge < -0.3 is 4.52 Å². The van der Waals surface area contributed by atoms with E-state index in [9.17, 15) is 0 Å². The third-order valence-corrected chi connectivity index (χ3v) is 5.92. The lowest BCUT2D eigenvalue weighted by Crippen LogP contribution is -2.04. The average molecular weight is 461 g/mol. The van der Waals surface area contributed by atoms with Gasteiger partial charge in [-0.25, -0.2) is 0 Å². The van der Waals surface area contributed by atoms with Crippen molar-refractivity contribution in [2.24, 2.45) is 0 Å². The van der Waals surface area contributed by atoms with Gasteiger partial charge in [0.2, 0.25) is 11.7 Å². The summed E-state index contributed by atoms with van der Waals surface area (Å²) in [7, 11) is 0. The Kier molecular flexibility index (Phi) is 5.96. The second-order valence-corrected chi connectivity index (χ2v) is 8.31. The zero-order chi connectivity index (χ0) is 21.8. The summed E-state index contributed by atoms with van der Waals surface area (Å²) >= 11 is 7.45. The number of rotatable bonds is 7. The summed E-state index contributed by atoms with van der Waals surface area (Å²) in [6.45, 7) is 0.639. The molecule has 0 spiro atoms. The minimum absolute atomic E-state index is 0.473. The lowest BCUT2D eigenvalue weighted by atomic mass is 10.2. The first-order chi connectivity index (χ1) is 15.8.